The molecule has 1 aliphatic heterocycles. The molecule has 2 aromatic rings. The van der Waals surface area contributed by atoms with Crippen molar-refractivity contribution in [2.75, 3.05) is 25.5 Å². The Morgan fingerprint density at radius 2 is 2.05 bits per heavy atom. The molecule has 21 heavy (non-hydrogen) atoms. The van der Waals surface area contributed by atoms with Crippen LogP contribution >= 0.6 is 27.5 Å². The summed E-state index contributed by atoms with van der Waals surface area (Å²) in [5.41, 5.74) is 3.88. The molecular weight excluding hydrogens is 352 g/mol. The zero-order chi connectivity index (χ0) is 14.8. The van der Waals surface area contributed by atoms with Crippen molar-refractivity contribution in [3.8, 4) is 5.75 Å². The maximum absolute atomic E-state index is 6.34. The normalized spacial score (nSPS) is 13.8. The largest absolute Gasteiger partial charge is 0.495 e. The minimum Gasteiger partial charge on any atom is -0.495 e. The van der Waals surface area contributed by atoms with Gasteiger partial charge in [0.1, 0.15) is 5.75 Å². The van der Waals surface area contributed by atoms with Gasteiger partial charge in [-0.2, -0.15) is 0 Å². The molecule has 0 spiro atoms. The number of anilines is 1. The molecule has 5 heteroatoms. The van der Waals surface area contributed by atoms with Crippen molar-refractivity contribution in [3.63, 3.8) is 0 Å². The second-order valence-electron chi connectivity index (χ2n) is 4.67. The molecule has 0 unspecified atom stereocenters. The maximum Gasteiger partial charge on any atom is 0.135 e. The lowest BCUT2D eigenvalue weighted by atomic mass is 10.0. The summed E-state index contributed by atoms with van der Waals surface area (Å²) in [5, 5.41) is 4.09. The SMILES string of the molecule is COc1cc2c(cc1Br)C(c1ccccc1Cl)=NCCN2. The lowest BCUT2D eigenvalue weighted by Crippen LogP contribution is -2.06. The zero-order valence-corrected chi connectivity index (χ0v) is 13.8. The summed E-state index contributed by atoms with van der Waals surface area (Å²) < 4.78 is 6.26. The first-order valence-electron chi connectivity index (χ1n) is 6.62. The van der Waals surface area contributed by atoms with Crippen molar-refractivity contribution in [1.29, 1.82) is 0 Å². The summed E-state index contributed by atoms with van der Waals surface area (Å²) in [7, 11) is 1.66. The molecule has 0 radical (unpaired) electrons. The van der Waals surface area contributed by atoms with Crippen LogP contribution in [0.25, 0.3) is 0 Å². The molecule has 0 aliphatic carbocycles. The highest BCUT2D eigenvalue weighted by Gasteiger charge is 2.18. The minimum absolute atomic E-state index is 0.704. The van der Waals surface area contributed by atoms with E-state index in [1.807, 2.05) is 36.4 Å². The Kier molecular flexibility index (Phi) is 4.17. The highest BCUT2D eigenvalue weighted by molar-refractivity contribution is 9.10. The minimum atomic E-state index is 0.704. The van der Waals surface area contributed by atoms with Crippen LogP contribution in [-0.4, -0.2) is 25.9 Å². The number of ether oxygens (including phenoxy) is 1. The number of benzodiazepines with no additional fused rings is 1. The molecular formula is C16H14BrClN2O. The van der Waals surface area contributed by atoms with E-state index in [-0.39, 0.29) is 0 Å². The molecule has 0 fully saturated rings. The number of nitrogens with one attached hydrogen (secondary N) is 1. The van der Waals surface area contributed by atoms with E-state index in [1.165, 1.54) is 0 Å². The van der Waals surface area contributed by atoms with E-state index in [0.29, 0.717) is 11.6 Å². The third-order valence-electron chi connectivity index (χ3n) is 3.37. The van der Waals surface area contributed by atoms with Gasteiger partial charge < -0.3 is 10.1 Å². The van der Waals surface area contributed by atoms with Gasteiger partial charge in [0.2, 0.25) is 0 Å². The van der Waals surface area contributed by atoms with Gasteiger partial charge >= 0.3 is 0 Å². The Balaban J connectivity index is 2.19. The number of fused-ring (bicyclic) bond motifs is 1. The molecule has 0 saturated heterocycles. The van der Waals surface area contributed by atoms with Crippen molar-refractivity contribution in [2.24, 2.45) is 4.99 Å². The van der Waals surface area contributed by atoms with Crippen LogP contribution in [0, 0.1) is 0 Å². The average Bonchev–Trinajstić information content (AvgIpc) is 2.69. The molecule has 1 aliphatic rings. The van der Waals surface area contributed by atoms with Crippen LogP contribution in [0.5, 0.6) is 5.75 Å². The van der Waals surface area contributed by atoms with Crippen molar-refractivity contribution in [2.45, 2.75) is 0 Å². The van der Waals surface area contributed by atoms with Crippen molar-refractivity contribution >= 4 is 38.9 Å². The quantitative estimate of drug-likeness (QED) is 0.857. The van der Waals surface area contributed by atoms with Crippen LogP contribution in [0.15, 0.2) is 45.9 Å². The number of nitrogens with zero attached hydrogens (tertiary/aromatic N) is 1. The monoisotopic (exact) mass is 364 g/mol. The fraction of sp³-hybridized carbons (Fsp3) is 0.188. The van der Waals surface area contributed by atoms with E-state index in [1.54, 1.807) is 7.11 Å². The molecule has 1 heterocycles. The van der Waals surface area contributed by atoms with Gasteiger partial charge in [0.15, 0.2) is 0 Å². The third kappa shape index (κ3) is 2.78. The van der Waals surface area contributed by atoms with Gasteiger partial charge in [-0.1, -0.05) is 29.8 Å². The zero-order valence-electron chi connectivity index (χ0n) is 11.5. The fourth-order valence-electron chi connectivity index (χ4n) is 2.38. The predicted octanol–water partition coefficient (Wildman–Crippen LogP) is 4.37. The molecule has 1 N–H and O–H groups in total. The molecule has 0 aromatic heterocycles. The van der Waals surface area contributed by atoms with E-state index in [0.717, 1.165) is 39.3 Å². The van der Waals surface area contributed by atoms with Gasteiger partial charge in [0.25, 0.3) is 0 Å². The smallest absolute Gasteiger partial charge is 0.135 e. The molecule has 3 nitrogen and oxygen atoms in total. The Morgan fingerprint density at radius 1 is 1.24 bits per heavy atom. The van der Waals surface area contributed by atoms with Crippen LogP contribution in [0.3, 0.4) is 0 Å². The second kappa shape index (κ2) is 6.08. The standard InChI is InChI=1S/C16H14BrClN2O/c1-21-15-9-14-11(8-12(15)17)16(20-7-6-19-14)10-4-2-3-5-13(10)18/h2-5,8-9,19H,6-7H2,1H3. The highest BCUT2D eigenvalue weighted by atomic mass is 79.9. The average molecular weight is 366 g/mol. The molecule has 3 rings (SSSR count). The maximum atomic E-state index is 6.34. The fourth-order valence-corrected chi connectivity index (χ4v) is 3.11. The summed E-state index contributed by atoms with van der Waals surface area (Å²) in [6, 6.07) is 11.8. The number of benzene rings is 2. The van der Waals surface area contributed by atoms with Crippen molar-refractivity contribution < 1.29 is 4.74 Å². The van der Waals surface area contributed by atoms with Gasteiger partial charge in [-0.3, -0.25) is 4.99 Å². The summed E-state index contributed by atoms with van der Waals surface area (Å²) >= 11 is 9.88. The Hall–Kier alpha value is -1.52. The lowest BCUT2D eigenvalue weighted by Gasteiger charge is -2.14. The molecule has 0 atom stereocenters. The van der Waals surface area contributed by atoms with Crippen molar-refractivity contribution in [1.82, 2.24) is 0 Å². The number of hydrogen-bond donors (Lipinski definition) is 1. The summed E-state index contributed by atoms with van der Waals surface area (Å²) in [6.07, 6.45) is 0. The van der Waals surface area contributed by atoms with Crippen LogP contribution in [0.1, 0.15) is 11.1 Å². The number of rotatable bonds is 2. The van der Waals surface area contributed by atoms with Gasteiger partial charge in [0.05, 0.1) is 23.8 Å². The first kappa shape index (κ1) is 14.4. The number of aliphatic imine (C=N–C) groups is 1. The van der Waals surface area contributed by atoms with Crippen molar-refractivity contribution in [3.05, 3.63) is 57.0 Å². The van der Waals surface area contributed by atoms with Gasteiger partial charge in [-0.05, 0) is 28.1 Å². The van der Waals surface area contributed by atoms with Gasteiger partial charge in [-0.25, -0.2) is 0 Å². The van der Waals surface area contributed by atoms with E-state index in [4.69, 9.17) is 21.3 Å². The predicted molar refractivity (Wildman–Crippen MR) is 91.1 cm³/mol. The molecule has 0 saturated carbocycles. The number of hydrogen-bond acceptors (Lipinski definition) is 3. The van der Waals surface area contributed by atoms with E-state index < -0.39 is 0 Å². The molecule has 108 valence electrons. The Morgan fingerprint density at radius 3 is 2.81 bits per heavy atom. The van der Waals surface area contributed by atoms with Gasteiger partial charge in [-0.15, -0.1) is 0 Å². The first-order valence-corrected chi connectivity index (χ1v) is 7.79. The number of halogens is 2. The highest BCUT2D eigenvalue weighted by Crippen LogP contribution is 2.34. The van der Waals surface area contributed by atoms with E-state index in [9.17, 15) is 0 Å². The number of methoxy groups -OCH3 is 1. The molecule has 2 aromatic carbocycles. The van der Waals surface area contributed by atoms with Crippen LogP contribution in [0.4, 0.5) is 5.69 Å². The lowest BCUT2D eigenvalue weighted by molar-refractivity contribution is 0.412. The van der Waals surface area contributed by atoms with E-state index in [2.05, 4.69) is 21.2 Å². The third-order valence-corrected chi connectivity index (χ3v) is 4.32. The Labute approximate surface area is 137 Å². The topological polar surface area (TPSA) is 33.6 Å². The molecule has 0 amide bonds. The second-order valence-corrected chi connectivity index (χ2v) is 5.93. The molecule has 0 bridgehead atoms. The Bertz CT molecular complexity index is 715. The van der Waals surface area contributed by atoms with Crippen LogP contribution in [0.2, 0.25) is 5.02 Å². The summed E-state index contributed by atoms with van der Waals surface area (Å²) in [6.45, 7) is 1.49. The van der Waals surface area contributed by atoms with Crippen LogP contribution in [-0.2, 0) is 0 Å². The van der Waals surface area contributed by atoms with Gasteiger partial charge in [0, 0.05) is 34.4 Å². The summed E-state index contributed by atoms with van der Waals surface area (Å²) in [4.78, 5) is 4.70. The van der Waals surface area contributed by atoms with E-state index >= 15 is 0 Å². The van der Waals surface area contributed by atoms with Crippen LogP contribution < -0.4 is 10.1 Å². The summed E-state index contributed by atoms with van der Waals surface area (Å²) in [5.74, 6) is 0.793. The first-order chi connectivity index (χ1) is 10.2.